The van der Waals surface area contributed by atoms with Crippen molar-refractivity contribution in [2.75, 3.05) is 56.5 Å². The number of carbonyl (C=O) groups is 1. The van der Waals surface area contributed by atoms with Crippen molar-refractivity contribution < 1.29 is 4.79 Å². The Kier molecular flexibility index (Phi) is 5.93. The number of amides is 1. The second-order valence-electron chi connectivity index (χ2n) is 7.97. The second kappa shape index (κ2) is 8.76. The number of hydrogen-bond acceptors (Lipinski definition) is 4. The van der Waals surface area contributed by atoms with E-state index in [1.54, 1.807) is 0 Å². The molecule has 0 saturated carbocycles. The zero-order chi connectivity index (χ0) is 19.3. The first kappa shape index (κ1) is 19.0. The van der Waals surface area contributed by atoms with Crippen LogP contribution in [0.15, 0.2) is 48.5 Å². The van der Waals surface area contributed by atoms with Crippen molar-refractivity contribution in [2.24, 2.45) is 0 Å². The standard InChI is InChI=1S/C23H30N4O/c1-25-14-16-27(17-15-25)22-10-8-21(9-11-22)24-23(28)20-6-4-19(5-7-20)18-26-12-2-3-13-26/h4-11H,2-3,12-18H2,1H3,(H,24,28). The largest absolute Gasteiger partial charge is 0.369 e. The lowest BCUT2D eigenvalue weighted by Gasteiger charge is -2.34. The van der Waals surface area contributed by atoms with E-state index in [1.165, 1.54) is 37.2 Å². The molecule has 5 nitrogen and oxygen atoms in total. The molecule has 1 N–H and O–H groups in total. The minimum Gasteiger partial charge on any atom is -0.369 e. The summed E-state index contributed by atoms with van der Waals surface area (Å²) in [6.07, 6.45) is 2.60. The van der Waals surface area contributed by atoms with E-state index in [1.807, 2.05) is 24.3 Å². The highest BCUT2D eigenvalue weighted by atomic mass is 16.1. The van der Waals surface area contributed by atoms with Crippen LogP contribution < -0.4 is 10.2 Å². The van der Waals surface area contributed by atoms with Gasteiger partial charge in [0.2, 0.25) is 0 Å². The molecule has 2 heterocycles. The Hall–Kier alpha value is -2.37. The highest BCUT2D eigenvalue weighted by molar-refractivity contribution is 6.04. The molecule has 2 aromatic rings. The predicted octanol–water partition coefficient (Wildman–Crippen LogP) is 3.29. The first-order chi connectivity index (χ1) is 13.7. The maximum absolute atomic E-state index is 12.6. The fraction of sp³-hybridized carbons (Fsp3) is 0.435. The van der Waals surface area contributed by atoms with Crippen LogP contribution in [0.1, 0.15) is 28.8 Å². The molecule has 2 fully saturated rings. The minimum absolute atomic E-state index is 0.0555. The van der Waals surface area contributed by atoms with Gasteiger partial charge >= 0.3 is 0 Å². The van der Waals surface area contributed by atoms with Crippen LogP contribution in [0.25, 0.3) is 0 Å². The monoisotopic (exact) mass is 378 g/mol. The van der Waals surface area contributed by atoms with Crippen molar-refractivity contribution in [2.45, 2.75) is 19.4 Å². The van der Waals surface area contributed by atoms with Crippen LogP contribution in [0.2, 0.25) is 0 Å². The molecule has 28 heavy (non-hydrogen) atoms. The van der Waals surface area contributed by atoms with E-state index >= 15 is 0 Å². The lowest BCUT2D eigenvalue weighted by Crippen LogP contribution is -2.44. The van der Waals surface area contributed by atoms with Crippen LogP contribution in [-0.4, -0.2) is 62.0 Å². The summed E-state index contributed by atoms with van der Waals surface area (Å²) in [5, 5.41) is 3.01. The van der Waals surface area contributed by atoms with Crippen LogP contribution in [0.3, 0.4) is 0 Å². The van der Waals surface area contributed by atoms with Crippen LogP contribution >= 0.6 is 0 Å². The van der Waals surface area contributed by atoms with E-state index in [9.17, 15) is 4.79 Å². The van der Waals surface area contributed by atoms with Gasteiger partial charge in [-0.05, 0) is 74.9 Å². The summed E-state index contributed by atoms with van der Waals surface area (Å²) in [5.74, 6) is -0.0555. The van der Waals surface area contributed by atoms with Gasteiger partial charge < -0.3 is 15.1 Å². The SMILES string of the molecule is CN1CCN(c2ccc(NC(=O)c3ccc(CN4CCCC4)cc3)cc2)CC1. The van der Waals surface area contributed by atoms with Crippen LogP contribution in [0.4, 0.5) is 11.4 Å². The summed E-state index contributed by atoms with van der Waals surface area (Å²) >= 11 is 0. The van der Waals surface area contributed by atoms with Crippen molar-refractivity contribution in [1.29, 1.82) is 0 Å². The van der Waals surface area contributed by atoms with Crippen LogP contribution in [0.5, 0.6) is 0 Å². The number of piperazine rings is 1. The molecule has 0 bridgehead atoms. The van der Waals surface area contributed by atoms with Gasteiger partial charge in [-0.1, -0.05) is 12.1 Å². The van der Waals surface area contributed by atoms with Gasteiger partial charge in [-0.3, -0.25) is 9.69 Å². The van der Waals surface area contributed by atoms with Crippen molar-refractivity contribution in [3.05, 3.63) is 59.7 Å². The minimum atomic E-state index is -0.0555. The van der Waals surface area contributed by atoms with E-state index in [-0.39, 0.29) is 5.91 Å². The average Bonchev–Trinajstić information content (AvgIpc) is 3.23. The molecule has 0 radical (unpaired) electrons. The quantitative estimate of drug-likeness (QED) is 0.867. The molecule has 5 heteroatoms. The first-order valence-electron chi connectivity index (χ1n) is 10.3. The van der Waals surface area contributed by atoms with E-state index in [2.05, 4.69) is 51.3 Å². The van der Waals surface area contributed by atoms with Crippen molar-refractivity contribution in [3.63, 3.8) is 0 Å². The highest BCUT2D eigenvalue weighted by Gasteiger charge is 2.15. The van der Waals surface area contributed by atoms with Gasteiger partial charge in [0.05, 0.1) is 0 Å². The van der Waals surface area contributed by atoms with Crippen LogP contribution in [-0.2, 0) is 6.54 Å². The van der Waals surface area contributed by atoms with Crippen molar-refractivity contribution in [3.8, 4) is 0 Å². The zero-order valence-electron chi connectivity index (χ0n) is 16.7. The molecule has 0 unspecified atom stereocenters. The Morgan fingerprint density at radius 2 is 1.50 bits per heavy atom. The summed E-state index contributed by atoms with van der Waals surface area (Å²) in [5.41, 5.74) is 4.03. The molecular weight excluding hydrogens is 348 g/mol. The number of likely N-dealkylation sites (N-methyl/N-ethyl adjacent to an activating group) is 1. The maximum atomic E-state index is 12.6. The molecule has 2 aliphatic heterocycles. The number of likely N-dealkylation sites (tertiary alicyclic amines) is 1. The molecule has 0 aromatic heterocycles. The maximum Gasteiger partial charge on any atom is 0.255 e. The number of rotatable bonds is 5. The number of nitrogens with one attached hydrogen (secondary N) is 1. The fourth-order valence-electron chi connectivity index (χ4n) is 3.98. The Morgan fingerprint density at radius 3 is 2.14 bits per heavy atom. The van der Waals surface area contributed by atoms with Gasteiger partial charge in [0.25, 0.3) is 5.91 Å². The predicted molar refractivity (Wildman–Crippen MR) is 115 cm³/mol. The molecular formula is C23H30N4O. The number of benzene rings is 2. The third kappa shape index (κ3) is 4.72. The number of carbonyl (C=O) groups excluding carboxylic acids is 1. The highest BCUT2D eigenvalue weighted by Crippen LogP contribution is 2.20. The van der Waals surface area contributed by atoms with E-state index in [0.717, 1.165) is 38.4 Å². The third-order valence-corrected chi connectivity index (χ3v) is 5.81. The van der Waals surface area contributed by atoms with Gasteiger partial charge in [0.15, 0.2) is 0 Å². The van der Waals surface area contributed by atoms with Gasteiger partial charge in [0.1, 0.15) is 0 Å². The first-order valence-corrected chi connectivity index (χ1v) is 10.3. The summed E-state index contributed by atoms with van der Waals surface area (Å²) in [4.78, 5) is 19.8. The number of hydrogen-bond donors (Lipinski definition) is 1. The summed E-state index contributed by atoms with van der Waals surface area (Å²) in [6, 6.07) is 16.2. The molecule has 2 aliphatic rings. The fourth-order valence-corrected chi connectivity index (χ4v) is 3.98. The normalized spacial score (nSPS) is 18.4. The summed E-state index contributed by atoms with van der Waals surface area (Å²) in [6.45, 7) is 7.63. The lowest BCUT2D eigenvalue weighted by molar-refractivity contribution is 0.102. The molecule has 148 valence electrons. The lowest BCUT2D eigenvalue weighted by atomic mass is 10.1. The molecule has 0 aliphatic carbocycles. The Bertz CT molecular complexity index is 773. The van der Waals surface area contributed by atoms with E-state index in [0.29, 0.717) is 5.56 Å². The second-order valence-corrected chi connectivity index (χ2v) is 7.97. The van der Waals surface area contributed by atoms with E-state index < -0.39 is 0 Å². The van der Waals surface area contributed by atoms with Crippen molar-refractivity contribution >= 4 is 17.3 Å². The Morgan fingerprint density at radius 1 is 0.857 bits per heavy atom. The summed E-state index contributed by atoms with van der Waals surface area (Å²) < 4.78 is 0. The van der Waals surface area contributed by atoms with Crippen LogP contribution in [0, 0.1) is 0 Å². The molecule has 4 rings (SSSR count). The molecule has 2 aromatic carbocycles. The van der Waals surface area contributed by atoms with Gasteiger partial charge in [-0.15, -0.1) is 0 Å². The average molecular weight is 379 g/mol. The molecule has 1 amide bonds. The summed E-state index contributed by atoms with van der Waals surface area (Å²) in [7, 11) is 2.16. The molecule has 2 saturated heterocycles. The molecule has 0 atom stereocenters. The van der Waals surface area contributed by atoms with Gasteiger partial charge in [0, 0.05) is 49.7 Å². The topological polar surface area (TPSA) is 38.8 Å². The smallest absolute Gasteiger partial charge is 0.255 e. The third-order valence-electron chi connectivity index (χ3n) is 5.81. The zero-order valence-corrected chi connectivity index (χ0v) is 16.7. The Labute approximate surface area is 167 Å². The number of anilines is 2. The molecule has 0 spiro atoms. The van der Waals surface area contributed by atoms with Crippen molar-refractivity contribution in [1.82, 2.24) is 9.80 Å². The Balaban J connectivity index is 1.32. The number of nitrogens with zero attached hydrogens (tertiary/aromatic N) is 3. The van der Waals surface area contributed by atoms with Gasteiger partial charge in [-0.25, -0.2) is 0 Å². The van der Waals surface area contributed by atoms with E-state index in [4.69, 9.17) is 0 Å². The van der Waals surface area contributed by atoms with Gasteiger partial charge in [-0.2, -0.15) is 0 Å².